The van der Waals surface area contributed by atoms with Crippen molar-refractivity contribution in [3.63, 3.8) is 0 Å². The number of unbranched alkanes of at least 4 members (excludes halogenated alkanes) is 3. The third-order valence-electron chi connectivity index (χ3n) is 3.51. The molecule has 0 heterocycles. The van der Waals surface area contributed by atoms with Crippen LogP contribution in [0, 0.1) is 0 Å². The summed E-state index contributed by atoms with van der Waals surface area (Å²) in [7, 11) is 4.76. The molecule has 1 atom stereocenters. The van der Waals surface area contributed by atoms with Crippen LogP contribution in [0.25, 0.3) is 0 Å². The Kier molecular flexibility index (Phi) is 7.26. The van der Waals surface area contributed by atoms with E-state index < -0.39 is 0 Å². The van der Waals surface area contributed by atoms with Gasteiger partial charge in [-0.2, -0.15) is 0 Å². The minimum Gasteiger partial charge on any atom is -0.326 e. The third kappa shape index (κ3) is 5.64. The molecular weight excluding hydrogens is 170 g/mol. The van der Waals surface area contributed by atoms with Crippen molar-refractivity contribution in [2.24, 2.45) is 0 Å². The van der Waals surface area contributed by atoms with Gasteiger partial charge >= 0.3 is 0 Å². The lowest BCUT2D eigenvalue weighted by molar-refractivity contribution is -0.913. The van der Waals surface area contributed by atoms with E-state index in [0.29, 0.717) is 0 Å². The molecule has 0 aliphatic rings. The van der Waals surface area contributed by atoms with Crippen LogP contribution < -0.4 is 0 Å². The van der Waals surface area contributed by atoms with Crippen LogP contribution in [0.3, 0.4) is 0 Å². The van der Waals surface area contributed by atoms with Gasteiger partial charge in [0.05, 0.1) is 26.7 Å². The first-order valence-corrected chi connectivity index (χ1v) is 6.37. The van der Waals surface area contributed by atoms with E-state index in [4.69, 9.17) is 0 Å². The maximum Gasteiger partial charge on any atom is 0.0857 e. The lowest BCUT2D eigenvalue weighted by Crippen LogP contribution is -2.47. The fourth-order valence-corrected chi connectivity index (χ4v) is 1.83. The number of hydrogen-bond acceptors (Lipinski definition) is 0. The standard InChI is InChI=1S/C13H30N/c1-6-8-10-11-13(3)14(4,5)12-9-7-2/h13H,6-12H2,1-5H3/q+1. The molecule has 86 valence electrons. The largest absolute Gasteiger partial charge is 0.326 e. The van der Waals surface area contributed by atoms with Gasteiger partial charge in [-0.1, -0.05) is 33.1 Å². The molecule has 0 spiro atoms. The van der Waals surface area contributed by atoms with E-state index in [2.05, 4.69) is 34.9 Å². The molecule has 0 rings (SSSR count). The van der Waals surface area contributed by atoms with Crippen LogP contribution in [-0.4, -0.2) is 31.2 Å². The van der Waals surface area contributed by atoms with Crippen molar-refractivity contribution >= 4 is 0 Å². The predicted octanol–water partition coefficient (Wildman–Crippen LogP) is 3.83. The SMILES string of the molecule is CCCCCC(C)[N+](C)(C)CCCC. The molecule has 0 N–H and O–H groups in total. The number of nitrogens with zero attached hydrogens (tertiary/aromatic N) is 1. The second-order valence-electron chi connectivity index (χ2n) is 5.20. The normalized spacial score (nSPS) is 14.4. The maximum atomic E-state index is 2.41. The highest BCUT2D eigenvalue weighted by Gasteiger charge is 2.22. The van der Waals surface area contributed by atoms with E-state index in [1.54, 1.807) is 0 Å². The van der Waals surface area contributed by atoms with Crippen LogP contribution in [0.4, 0.5) is 0 Å². The summed E-state index contributed by atoms with van der Waals surface area (Å²) in [6.07, 6.45) is 8.23. The highest BCUT2D eigenvalue weighted by molar-refractivity contribution is 4.52. The summed E-state index contributed by atoms with van der Waals surface area (Å²) in [5.41, 5.74) is 0. The van der Waals surface area contributed by atoms with Gasteiger partial charge in [0.15, 0.2) is 0 Å². The zero-order valence-electron chi connectivity index (χ0n) is 11.0. The van der Waals surface area contributed by atoms with Gasteiger partial charge in [-0.3, -0.25) is 0 Å². The van der Waals surface area contributed by atoms with Crippen molar-refractivity contribution in [1.29, 1.82) is 0 Å². The molecule has 0 saturated heterocycles. The van der Waals surface area contributed by atoms with Crippen molar-refractivity contribution in [3.05, 3.63) is 0 Å². The highest BCUT2D eigenvalue weighted by atomic mass is 15.3. The van der Waals surface area contributed by atoms with Crippen molar-refractivity contribution < 1.29 is 4.48 Å². The number of quaternary nitrogens is 1. The Labute approximate surface area is 91.1 Å². The first-order chi connectivity index (χ1) is 6.54. The minimum absolute atomic E-state index is 0.827. The molecule has 1 nitrogen and oxygen atoms in total. The zero-order chi connectivity index (χ0) is 11.0. The van der Waals surface area contributed by atoms with Gasteiger partial charge in [0.1, 0.15) is 0 Å². The minimum atomic E-state index is 0.827. The molecule has 0 aromatic carbocycles. The average molecular weight is 200 g/mol. The van der Waals surface area contributed by atoms with E-state index in [0.717, 1.165) is 6.04 Å². The van der Waals surface area contributed by atoms with Crippen molar-refractivity contribution in [3.8, 4) is 0 Å². The second kappa shape index (κ2) is 7.28. The second-order valence-corrected chi connectivity index (χ2v) is 5.20. The summed E-state index contributed by atoms with van der Waals surface area (Å²) >= 11 is 0. The Balaban J connectivity index is 3.75. The molecule has 0 bridgehead atoms. The van der Waals surface area contributed by atoms with Gasteiger partial charge in [-0.25, -0.2) is 0 Å². The molecular formula is C13H30N+. The topological polar surface area (TPSA) is 0 Å². The average Bonchev–Trinajstić information content (AvgIpc) is 2.15. The van der Waals surface area contributed by atoms with Crippen LogP contribution in [-0.2, 0) is 0 Å². The third-order valence-corrected chi connectivity index (χ3v) is 3.51. The van der Waals surface area contributed by atoms with E-state index in [1.807, 2.05) is 0 Å². The lowest BCUT2D eigenvalue weighted by Gasteiger charge is -2.36. The Morgan fingerprint density at radius 2 is 1.50 bits per heavy atom. The summed E-state index contributed by atoms with van der Waals surface area (Å²) < 4.78 is 1.21. The Morgan fingerprint density at radius 1 is 0.929 bits per heavy atom. The molecule has 14 heavy (non-hydrogen) atoms. The summed E-state index contributed by atoms with van der Waals surface area (Å²) in [5.74, 6) is 0. The molecule has 0 fully saturated rings. The van der Waals surface area contributed by atoms with Crippen LogP contribution in [0.5, 0.6) is 0 Å². The molecule has 0 radical (unpaired) electrons. The summed E-state index contributed by atoms with van der Waals surface area (Å²) in [5, 5.41) is 0. The molecule has 0 aromatic heterocycles. The van der Waals surface area contributed by atoms with Gasteiger partial charge < -0.3 is 4.48 Å². The Morgan fingerprint density at radius 3 is 2.00 bits per heavy atom. The van der Waals surface area contributed by atoms with Crippen molar-refractivity contribution in [2.45, 2.75) is 65.3 Å². The number of hydrogen-bond donors (Lipinski definition) is 0. The monoisotopic (exact) mass is 200 g/mol. The quantitative estimate of drug-likeness (QED) is 0.412. The molecule has 0 aliphatic heterocycles. The first kappa shape index (κ1) is 14.0. The van der Waals surface area contributed by atoms with E-state index >= 15 is 0 Å². The Bertz CT molecular complexity index is 129. The highest BCUT2D eigenvalue weighted by Crippen LogP contribution is 2.15. The van der Waals surface area contributed by atoms with Crippen molar-refractivity contribution in [1.82, 2.24) is 0 Å². The van der Waals surface area contributed by atoms with Crippen LogP contribution >= 0.6 is 0 Å². The summed E-state index contributed by atoms with van der Waals surface area (Å²) in [6, 6.07) is 0.827. The fraction of sp³-hybridized carbons (Fsp3) is 1.00. The molecule has 0 amide bonds. The van der Waals surface area contributed by atoms with E-state index in [-0.39, 0.29) is 0 Å². The Hall–Kier alpha value is -0.0400. The van der Waals surface area contributed by atoms with Crippen LogP contribution in [0.1, 0.15) is 59.3 Å². The lowest BCUT2D eigenvalue weighted by atomic mass is 10.1. The molecule has 0 saturated carbocycles. The molecule has 1 heteroatoms. The van der Waals surface area contributed by atoms with Crippen LogP contribution in [0.2, 0.25) is 0 Å². The maximum absolute atomic E-state index is 2.41. The molecule has 0 aliphatic carbocycles. The van der Waals surface area contributed by atoms with Gasteiger partial charge in [-0.15, -0.1) is 0 Å². The fourth-order valence-electron chi connectivity index (χ4n) is 1.83. The summed E-state index contributed by atoms with van der Waals surface area (Å²) in [6.45, 7) is 8.30. The van der Waals surface area contributed by atoms with Crippen LogP contribution in [0.15, 0.2) is 0 Å². The smallest absolute Gasteiger partial charge is 0.0857 e. The van der Waals surface area contributed by atoms with Gasteiger partial charge in [0, 0.05) is 0 Å². The van der Waals surface area contributed by atoms with Gasteiger partial charge in [0.25, 0.3) is 0 Å². The summed E-state index contributed by atoms with van der Waals surface area (Å²) in [4.78, 5) is 0. The predicted molar refractivity (Wildman–Crippen MR) is 65.5 cm³/mol. The van der Waals surface area contributed by atoms with Gasteiger partial charge in [-0.05, 0) is 26.2 Å². The molecule has 0 aromatic rings. The first-order valence-electron chi connectivity index (χ1n) is 6.37. The zero-order valence-corrected chi connectivity index (χ0v) is 11.0. The van der Waals surface area contributed by atoms with Crippen molar-refractivity contribution in [2.75, 3.05) is 20.6 Å². The molecule has 1 unspecified atom stereocenters. The number of rotatable bonds is 8. The van der Waals surface area contributed by atoms with E-state index in [9.17, 15) is 0 Å². The van der Waals surface area contributed by atoms with Gasteiger partial charge in [0.2, 0.25) is 0 Å². The van der Waals surface area contributed by atoms with E-state index in [1.165, 1.54) is 49.6 Å².